The quantitative estimate of drug-likeness (QED) is 0.778. The number of rotatable bonds is 3. The van der Waals surface area contributed by atoms with Crippen LogP contribution in [0.25, 0.3) is 0 Å². The van der Waals surface area contributed by atoms with Crippen molar-refractivity contribution in [1.29, 1.82) is 0 Å². The second-order valence-corrected chi connectivity index (χ2v) is 7.45. The van der Waals surface area contributed by atoms with Crippen molar-refractivity contribution in [3.8, 4) is 0 Å². The highest BCUT2D eigenvalue weighted by Crippen LogP contribution is 2.19. The molecule has 0 aromatic heterocycles. The van der Waals surface area contributed by atoms with Gasteiger partial charge in [-0.05, 0) is 26.7 Å². The zero-order valence-electron chi connectivity index (χ0n) is 11.7. The zero-order chi connectivity index (χ0) is 14.0. The number of ether oxygens (including phenoxy) is 1. The van der Waals surface area contributed by atoms with Gasteiger partial charge in [0.1, 0.15) is 0 Å². The van der Waals surface area contributed by atoms with Gasteiger partial charge in [0.15, 0.2) is 0 Å². The second kappa shape index (κ2) is 6.05. The van der Waals surface area contributed by atoms with Gasteiger partial charge in [0.2, 0.25) is 0 Å². The Bertz CT molecular complexity index is 391. The van der Waals surface area contributed by atoms with Gasteiger partial charge in [-0.1, -0.05) is 12.8 Å². The Morgan fingerprint density at radius 2 is 1.74 bits per heavy atom. The van der Waals surface area contributed by atoms with E-state index in [-0.39, 0.29) is 24.3 Å². The summed E-state index contributed by atoms with van der Waals surface area (Å²) >= 11 is 0. The topological polar surface area (TPSA) is 84.7 Å². The lowest BCUT2D eigenvalue weighted by atomic mass is 9.92. The molecule has 0 spiro atoms. The maximum absolute atomic E-state index is 12.4. The van der Waals surface area contributed by atoms with E-state index in [9.17, 15) is 8.42 Å². The summed E-state index contributed by atoms with van der Waals surface area (Å²) in [4.78, 5) is 0. The molecular weight excluding hydrogens is 266 g/mol. The minimum atomic E-state index is -3.46. The molecule has 1 heterocycles. The molecule has 2 rings (SSSR count). The van der Waals surface area contributed by atoms with Gasteiger partial charge < -0.3 is 10.5 Å². The molecule has 3 N–H and O–H groups in total. The van der Waals surface area contributed by atoms with Gasteiger partial charge in [0.25, 0.3) is 10.2 Å². The van der Waals surface area contributed by atoms with Crippen LogP contribution in [0.4, 0.5) is 0 Å². The summed E-state index contributed by atoms with van der Waals surface area (Å²) < 4.78 is 34.6. The Morgan fingerprint density at radius 3 is 2.32 bits per heavy atom. The van der Waals surface area contributed by atoms with Crippen molar-refractivity contribution < 1.29 is 13.2 Å². The number of morpholine rings is 1. The summed E-state index contributed by atoms with van der Waals surface area (Å²) in [6, 6.07) is -0.202. The molecule has 1 aliphatic carbocycles. The van der Waals surface area contributed by atoms with Crippen LogP contribution in [0.5, 0.6) is 0 Å². The first kappa shape index (κ1) is 15.2. The van der Waals surface area contributed by atoms with Crippen LogP contribution < -0.4 is 10.5 Å². The molecule has 4 atom stereocenters. The van der Waals surface area contributed by atoms with Crippen molar-refractivity contribution in [1.82, 2.24) is 9.03 Å². The second-order valence-electron chi connectivity index (χ2n) is 5.75. The third kappa shape index (κ3) is 3.88. The van der Waals surface area contributed by atoms with E-state index in [4.69, 9.17) is 10.5 Å². The molecule has 6 nitrogen and oxygen atoms in total. The van der Waals surface area contributed by atoms with E-state index in [0.717, 1.165) is 25.7 Å². The molecule has 2 aliphatic rings. The molecule has 0 bridgehead atoms. The molecular formula is C12H25N3O3S. The number of nitrogens with two attached hydrogens (primary N) is 1. The minimum absolute atomic E-state index is 0.0691. The van der Waals surface area contributed by atoms with Gasteiger partial charge in [-0.3, -0.25) is 0 Å². The van der Waals surface area contributed by atoms with Crippen LogP contribution in [0.2, 0.25) is 0 Å². The Hall–Kier alpha value is -0.210. The van der Waals surface area contributed by atoms with Gasteiger partial charge in [-0.2, -0.15) is 17.4 Å². The van der Waals surface area contributed by atoms with Gasteiger partial charge in [0, 0.05) is 25.2 Å². The zero-order valence-corrected chi connectivity index (χ0v) is 12.5. The Balaban J connectivity index is 2.01. The molecule has 19 heavy (non-hydrogen) atoms. The van der Waals surface area contributed by atoms with Gasteiger partial charge >= 0.3 is 0 Å². The lowest BCUT2D eigenvalue weighted by Gasteiger charge is -2.36. The van der Waals surface area contributed by atoms with Crippen molar-refractivity contribution >= 4 is 10.2 Å². The van der Waals surface area contributed by atoms with Crippen molar-refractivity contribution in [2.24, 2.45) is 5.73 Å². The van der Waals surface area contributed by atoms with Crippen LogP contribution in [-0.4, -0.2) is 50.1 Å². The summed E-state index contributed by atoms with van der Waals surface area (Å²) in [5.74, 6) is 0. The Morgan fingerprint density at radius 1 is 1.16 bits per heavy atom. The molecule has 0 radical (unpaired) electrons. The van der Waals surface area contributed by atoms with E-state index in [1.807, 2.05) is 13.8 Å². The van der Waals surface area contributed by atoms with Crippen molar-refractivity contribution in [3.63, 3.8) is 0 Å². The number of hydrogen-bond donors (Lipinski definition) is 2. The molecule has 112 valence electrons. The smallest absolute Gasteiger partial charge is 0.279 e. The molecule has 2 unspecified atom stereocenters. The predicted molar refractivity (Wildman–Crippen MR) is 73.9 cm³/mol. The van der Waals surface area contributed by atoms with Crippen molar-refractivity contribution in [2.45, 2.75) is 63.8 Å². The average Bonchev–Trinajstić information content (AvgIpc) is 2.31. The first-order valence-corrected chi connectivity index (χ1v) is 8.51. The molecule has 0 amide bonds. The standard InChI is InChI=1S/C12H25N3O3S/c1-9-7-15(8-10(2)18-9)19(16,17)14-12-6-4-3-5-11(12)13/h9-12,14H,3-8,13H2,1-2H3/t9?,10?,11-,12-/m1/s1. The van der Waals surface area contributed by atoms with Crippen LogP contribution in [0.1, 0.15) is 39.5 Å². The summed E-state index contributed by atoms with van der Waals surface area (Å²) in [5.41, 5.74) is 6.00. The molecule has 2 fully saturated rings. The van der Waals surface area contributed by atoms with Crippen LogP contribution in [0.15, 0.2) is 0 Å². The van der Waals surface area contributed by atoms with E-state index in [0.29, 0.717) is 13.1 Å². The fourth-order valence-corrected chi connectivity index (χ4v) is 4.54. The summed E-state index contributed by atoms with van der Waals surface area (Å²) in [6.45, 7) is 4.60. The van der Waals surface area contributed by atoms with Crippen molar-refractivity contribution in [2.75, 3.05) is 13.1 Å². The molecule has 0 aromatic carbocycles. The van der Waals surface area contributed by atoms with Crippen LogP contribution in [0, 0.1) is 0 Å². The van der Waals surface area contributed by atoms with E-state index in [2.05, 4.69) is 4.72 Å². The van der Waals surface area contributed by atoms with Gasteiger partial charge in [0.05, 0.1) is 12.2 Å². The Kier molecular flexibility index (Phi) is 4.84. The molecule has 1 saturated carbocycles. The van der Waals surface area contributed by atoms with Crippen molar-refractivity contribution in [3.05, 3.63) is 0 Å². The predicted octanol–water partition coefficient (Wildman–Crippen LogP) is 0.200. The lowest BCUT2D eigenvalue weighted by molar-refractivity contribution is -0.0445. The number of nitrogens with zero attached hydrogens (tertiary/aromatic N) is 1. The largest absolute Gasteiger partial charge is 0.373 e. The maximum atomic E-state index is 12.4. The molecule has 7 heteroatoms. The molecule has 1 saturated heterocycles. The first-order chi connectivity index (χ1) is 8.88. The van der Waals surface area contributed by atoms with E-state index in [1.165, 1.54) is 4.31 Å². The van der Waals surface area contributed by atoms with E-state index >= 15 is 0 Å². The normalized spacial score (nSPS) is 38.3. The summed E-state index contributed by atoms with van der Waals surface area (Å²) in [5, 5.41) is 0. The maximum Gasteiger partial charge on any atom is 0.279 e. The third-order valence-corrected chi connectivity index (χ3v) is 5.42. The Labute approximate surface area is 115 Å². The monoisotopic (exact) mass is 291 g/mol. The number of nitrogens with one attached hydrogen (secondary N) is 1. The SMILES string of the molecule is CC1CN(S(=O)(=O)N[C@@H]2CCCC[C@H]2N)CC(C)O1. The fraction of sp³-hybridized carbons (Fsp3) is 1.00. The highest BCUT2D eigenvalue weighted by molar-refractivity contribution is 7.87. The summed E-state index contributed by atoms with van der Waals surface area (Å²) in [6.07, 6.45) is 3.71. The summed E-state index contributed by atoms with van der Waals surface area (Å²) in [7, 11) is -3.46. The lowest BCUT2D eigenvalue weighted by Crippen LogP contribution is -2.57. The number of hydrogen-bond acceptors (Lipinski definition) is 4. The molecule has 1 aliphatic heterocycles. The minimum Gasteiger partial charge on any atom is -0.373 e. The average molecular weight is 291 g/mol. The fourth-order valence-electron chi connectivity index (χ4n) is 2.90. The van der Waals surface area contributed by atoms with Crippen LogP contribution in [-0.2, 0) is 14.9 Å². The van der Waals surface area contributed by atoms with E-state index in [1.54, 1.807) is 0 Å². The van der Waals surface area contributed by atoms with Gasteiger partial charge in [-0.15, -0.1) is 0 Å². The third-order valence-electron chi connectivity index (χ3n) is 3.85. The van der Waals surface area contributed by atoms with Crippen LogP contribution >= 0.6 is 0 Å². The van der Waals surface area contributed by atoms with Crippen LogP contribution in [0.3, 0.4) is 0 Å². The van der Waals surface area contributed by atoms with Gasteiger partial charge in [-0.25, -0.2) is 0 Å². The highest BCUT2D eigenvalue weighted by Gasteiger charge is 2.34. The first-order valence-electron chi connectivity index (χ1n) is 7.07. The van der Waals surface area contributed by atoms with E-state index < -0.39 is 10.2 Å². The highest BCUT2D eigenvalue weighted by atomic mass is 32.2. The molecule has 0 aromatic rings.